The van der Waals surface area contributed by atoms with Crippen LogP contribution in [-0.4, -0.2) is 30.3 Å². The third-order valence-corrected chi connectivity index (χ3v) is 5.64. The maximum Gasteiger partial charge on any atom is 0.264 e. The van der Waals surface area contributed by atoms with E-state index < -0.39 is 5.41 Å². The van der Waals surface area contributed by atoms with Crippen molar-refractivity contribution in [3.05, 3.63) is 95.6 Å². The molecule has 4 aromatic rings. The van der Waals surface area contributed by atoms with Gasteiger partial charge in [-0.15, -0.1) is 0 Å². The smallest absolute Gasteiger partial charge is 0.264 e. The van der Waals surface area contributed by atoms with Crippen molar-refractivity contribution < 1.29 is 23.5 Å². The van der Waals surface area contributed by atoms with E-state index >= 15 is 0 Å². The predicted octanol–water partition coefficient (Wildman–Crippen LogP) is 5.24. The highest BCUT2D eigenvalue weighted by Crippen LogP contribution is 2.31. The molecule has 0 fully saturated rings. The van der Waals surface area contributed by atoms with Crippen LogP contribution in [0.4, 0.5) is 5.69 Å². The molecule has 0 unspecified atom stereocenters. The number of benzene rings is 3. The van der Waals surface area contributed by atoms with Gasteiger partial charge in [-0.3, -0.25) is 4.79 Å². The van der Waals surface area contributed by atoms with Crippen molar-refractivity contribution in [3.63, 3.8) is 0 Å². The summed E-state index contributed by atoms with van der Waals surface area (Å²) in [5, 5.41) is 7.06. The summed E-state index contributed by atoms with van der Waals surface area (Å²) in [5.74, 6) is 2.48. The standard InChI is InChI=1S/C27H27N3O5/c1-27(2,26-29-24(35-30-26)17-34-21-8-6-5-7-9-21)19-11-13-20(14-12-19)28-25(31)18-10-15-22(32-3)23(16-18)33-4/h5-16H,17H2,1-4H3,(H,28,31). The van der Waals surface area contributed by atoms with Crippen molar-refractivity contribution in [2.24, 2.45) is 0 Å². The zero-order valence-electron chi connectivity index (χ0n) is 20.1. The highest BCUT2D eigenvalue weighted by atomic mass is 16.5. The molecule has 35 heavy (non-hydrogen) atoms. The fraction of sp³-hybridized carbons (Fsp3) is 0.222. The quantitative estimate of drug-likeness (QED) is 0.355. The Kier molecular flexibility index (Phi) is 7.01. The average Bonchev–Trinajstić information content (AvgIpc) is 3.38. The number of rotatable bonds is 9. The van der Waals surface area contributed by atoms with Crippen LogP contribution in [0.25, 0.3) is 0 Å². The van der Waals surface area contributed by atoms with E-state index in [2.05, 4.69) is 15.5 Å². The van der Waals surface area contributed by atoms with Gasteiger partial charge in [0.25, 0.3) is 11.8 Å². The lowest BCUT2D eigenvalue weighted by atomic mass is 9.84. The number of nitrogens with one attached hydrogen (secondary N) is 1. The first-order chi connectivity index (χ1) is 16.9. The monoisotopic (exact) mass is 473 g/mol. The molecule has 0 atom stereocenters. The summed E-state index contributed by atoms with van der Waals surface area (Å²) >= 11 is 0. The first-order valence-electron chi connectivity index (χ1n) is 11.1. The van der Waals surface area contributed by atoms with Crippen LogP contribution in [0.15, 0.2) is 77.3 Å². The molecular weight excluding hydrogens is 446 g/mol. The first-order valence-corrected chi connectivity index (χ1v) is 11.1. The summed E-state index contributed by atoms with van der Waals surface area (Å²) in [5.41, 5.74) is 1.58. The van der Waals surface area contributed by atoms with E-state index in [1.165, 1.54) is 7.11 Å². The van der Waals surface area contributed by atoms with Gasteiger partial charge in [0.1, 0.15) is 5.75 Å². The van der Waals surface area contributed by atoms with Crippen LogP contribution in [0.2, 0.25) is 0 Å². The molecule has 3 aromatic carbocycles. The van der Waals surface area contributed by atoms with Gasteiger partial charge in [-0.25, -0.2) is 0 Å². The van der Waals surface area contributed by atoms with Gasteiger partial charge in [0.2, 0.25) is 0 Å². The molecule has 0 aliphatic heterocycles. The average molecular weight is 474 g/mol. The number of carbonyl (C=O) groups excluding carboxylic acids is 1. The van der Waals surface area contributed by atoms with E-state index in [1.54, 1.807) is 25.3 Å². The molecule has 1 amide bonds. The van der Waals surface area contributed by atoms with Crippen LogP contribution in [0.5, 0.6) is 17.2 Å². The van der Waals surface area contributed by atoms with E-state index in [0.29, 0.717) is 34.5 Å². The lowest BCUT2D eigenvalue weighted by Crippen LogP contribution is -2.21. The number of para-hydroxylation sites is 1. The van der Waals surface area contributed by atoms with Crippen molar-refractivity contribution >= 4 is 11.6 Å². The summed E-state index contributed by atoms with van der Waals surface area (Å²) in [7, 11) is 3.08. The Hall–Kier alpha value is -4.33. The molecule has 0 spiro atoms. The Labute approximate surface area is 203 Å². The third-order valence-electron chi connectivity index (χ3n) is 5.64. The van der Waals surface area contributed by atoms with E-state index in [-0.39, 0.29) is 12.5 Å². The van der Waals surface area contributed by atoms with Gasteiger partial charge in [-0.1, -0.05) is 35.5 Å². The number of methoxy groups -OCH3 is 2. The zero-order valence-corrected chi connectivity index (χ0v) is 20.1. The summed E-state index contributed by atoms with van der Waals surface area (Å²) in [6, 6.07) is 22.0. The summed E-state index contributed by atoms with van der Waals surface area (Å²) in [4.78, 5) is 17.2. The molecular formula is C27H27N3O5. The molecule has 8 nitrogen and oxygen atoms in total. The maximum absolute atomic E-state index is 12.7. The van der Waals surface area contributed by atoms with E-state index in [9.17, 15) is 4.79 Å². The molecule has 0 bridgehead atoms. The van der Waals surface area contributed by atoms with Crippen LogP contribution in [0, 0.1) is 0 Å². The minimum atomic E-state index is -0.514. The molecule has 0 saturated heterocycles. The van der Waals surface area contributed by atoms with E-state index in [1.807, 2.05) is 68.4 Å². The van der Waals surface area contributed by atoms with Crippen molar-refractivity contribution in [1.82, 2.24) is 10.1 Å². The van der Waals surface area contributed by atoms with Crippen LogP contribution in [0.3, 0.4) is 0 Å². The molecule has 8 heteroatoms. The SMILES string of the molecule is COc1ccc(C(=O)Nc2ccc(C(C)(C)c3noc(COc4ccccc4)n3)cc2)cc1OC. The molecule has 4 rings (SSSR count). The Morgan fingerprint density at radius 2 is 1.66 bits per heavy atom. The second kappa shape index (κ2) is 10.3. The Morgan fingerprint density at radius 1 is 0.943 bits per heavy atom. The number of hydrogen-bond donors (Lipinski definition) is 1. The highest BCUT2D eigenvalue weighted by Gasteiger charge is 2.29. The molecule has 0 aliphatic rings. The van der Waals surface area contributed by atoms with Gasteiger partial charge in [-0.2, -0.15) is 4.98 Å². The Bertz CT molecular complexity index is 1280. The summed E-state index contributed by atoms with van der Waals surface area (Å²) in [6.07, 6.45) is 0. The second-order valence-corrected chi connectivity index (χ2v) is 8.34. The van der Waals surface area contributed by atoms with Gasteiger partial charge in [-0.05, 0) is 61.9 Å². The number of nitrogens with zero attached hydrogens (tertiary/aromatic N) is 2. The number of aromatic nitrogens is 2. The minimum Gasteiger partial charge on any atom is -0.493 e. The number of ether oxygens (including phenoxy) is 3. The Morgan fingerprint density at radius 3 is 2.34 bits per heavy atom. The minimum absolute atomic E-state index is 0.189. The van der Waals surface area contributed by atoms with Gasteiger partial charge in [0.15, 0.2) is 23.9 Å². The van der Waals surface area contributed by atoms with Gasteiger partial charge in [0, 0.05) is 11.3 Å². The molecule has 0 saturated carbocycles. The van der Waals surface area contributed by atoms with Crippen molar-refractivity contribution in [3.8, 4) is 17.2 Å². The molecule has 180 valence electrons. The first kappa shape index (κ1) is 23.8. The van der Waals surface area contributed by atoms with E-state index in [4.69, 9.17) is 18.7 Å². The van der Waals surface area contributed by atoms with Gasteiger partial charge >= 0.3 is 0 Å². The Balaban J connectivity index is 1.42. The molecule has 1 heterocycles. The van der Waals surface area contributed by atoms with Crippen molar-refractivity contribution in [2.75, 3.05) is 19.5 Å². The fourth-order valence-electron chi connectivity index (χ4n) is 3.51. The molecule has 0 aliphatic carbocycles. The lowest BCUT2D eigenvalue weighted by Gasteiger charge is -2.21. The van der Waals surface area contributed by atoms with E-state index in [0.717, 1.165) is 11.3 Å². The second-order valence-electron chi connectivity index (χ2n) is 8.34. The highest BCUT2D eigenvalue weighted by molar-refractivity contribution is 6.04. The molecule has 1 aromatic heterocycles. The van der Waals surface area contributed by atoms with Crippen molar-refractivity contribution in [1.29, 1.82) is 0 Å². The molecule has 1 N–H and O–H groups in total. The van der Waals surface area contributed by atoms with Crippen LogP contribution >= 0.6 is 0 Å². The maximum atomic E-state index is 12.7. The summed E-state index contributed by atoms with van der Waals surface area (Å²) in [6.45, 7) is 4.21. The van der Waals surface area contributed by atoms with Gasteiger partial charge < -0.3 is 24.1 Å². The third kappa shape index (κ3) is 5.43. The number of hydrogen-bond acceptors (Lipinski definition) is 7. The van der Waals surface area contributed by atoms with Crippen LogP contribution < -0.4 is 19.5 Å². The number of anilines is 1. The fourth-order valence-corrected chi connectivity index (χ4v) is 3.51. The lowest BCUT2D eigenvalue weighted by molar-refractivity contribution is 0.102. The topological polar surface area (TPSA) is 95.7 Å². The number of carbonyl (C=O) groups is 1. The van der Waals surface area contributed by atoms with Gasteiger partial charge in [0.05, 0.1) is 19.6 Å². The van der Waals surface area contributed by atoms with Crippen LogP contribution in [0.1, 0.15) is 41.5 Å². The zero-order chi connectivity index (χ0) is 24.8. The largest absolute Gasteiger partial charge is 0.493 e. The van der Waals surface area contributed by atoms with Crippen molar-refractivity contribution in [2.45, 2.75) is 25.9 Å². The normalized spacial score (nSPS) is 11.1. The predicted molar refractivity (Wildman–Crippen MR) is 131 cm³/mol. The molecule has 0 radical (unpaired) electrons. The number of amides is 1. The summed E-state index contributed by atoms with van der Waals surface area (Å²) < 4.78 is 21.6. The van der Waals surface area contributed by atoms with Crippen LogP contribution in [-0.2, 0) is 12.0 Å².